The molecule has 0 aliphatic heterocycles. The summed E-state index contributed by atoms with van der Waals surface area (Å²) >= 11 is 0. The molecule has 5 rings (SSSR count). The summed E-state index contributed by atoms with van der Waals surface area (Å²) in [5, 5.41) is 16.4. The second-order valence-electron chi connectivity index (χ2n) is 9.23. The van der Waals surface area contributed by atoms with Crippen molar-refractivity contribution in [3.05, 3.63) is 78.5 Å². The number of hydrogen-bond donors (Lipinski definition) is 2. The Morgan fingerprint density at radius 1 is 0.881 bits per heavy atom. The van der Waals surface area contributed by atoms with Gasteiger partial charge < -0.3 is 34.7 Å². The van der Waals surface area contributed by atoms with Gasteiger partial charge in [-0.25, -0.2) is 8.78 Å². The van der Waals surface area contributed by atoms with Crippen LogP contribution in [0.4, 0.5) is 20.2 Å². The number of hydrogen-bond acceptors (Lipinski definition) is 8. The maximum atomic E-state index is 15.1. The average Bonchev–Trinajstić information content (AvgIpc) is 3.77. The summed E-state index contributed by atoms with van der Waals surface area (Å²) in [6.45, 7) is -0.688. The maximum Gasteiger partial charge on any atom is 1.00 e. The fourth-order valence-corrected chi connectivity index (χ4v) is 4.12. The van der Waals surface area contributed by atoms with Gasteiger partial charge in [0.1, 0.15) is 23.6 Å². The summed E-state index contributed by atoms with van der Waals surface area (Å²) in [6, 6.07) is 13.5. The molecule has 1 aliphatic rings. The zero-order chi connectivity index (χ0) is 29.1. The number of rotatable bonds is 10. The van der Waals surface area contributed by atoms with E-state index in [9.17, 15) is 23.9 Å². The molecule has 4 aromatic rings. The first-order valence-corrected chi connectivity index (χ1v) is 12.3. The van der Waals surface area contributed by atoms with E-state index in [4.69, 9.17) is 14.2 Å². The van der Waals surface area contributed by atoms with Gasteiger partial charge in [0.05, 0.1) is 18.6 Å². The minimum atomic E-state index is -1.41. The van der Waals surface area contributed by atoms with Crippen LogP contribution in [-0.2, 0) is 14.4 Å². The van der Waals surface area contributed by atoms with E-state index in [1.54, 1.807) is 0 Å². The Labute approximate surface area is 280 Å². The molecule has 1 saturated carbocycles. The van der Waals surface area contributed by atoms with Crippen molar-refractivity contribution in [1.29, 1.82) is 0 Å². The van der Waals surface area contributed by atoms with Crippen molar-refractivity contribution in [3.8, 4) is 23.0 Å². The van der Waals surface area contributed by atoms with Crippen molar-refractivity contribution in [1.82, 2.24) is 4.98 Å². The van der Waals surface area contributed by atoms with Gasteiger partial charge >= 0.3 is 51.4 Å². The molecule has 1 aliphatic carbocycles. The van der Waals surface area contributed by atoms with Gasteiger partial charge in [-0.3, -0.25) is 14.6 Å². The Morgan fingerprint density at radius 2 is 1.55 bits per heavy atom. The summed E-state index contributed by atoms with van der Waals surface area (Å²) < 4.78 is 44.5. The Morgan fingerprint density at radius 3 is 2.17 bits per heavy atom. The van der Waals surface area contributed by atoms with Gasteiger partial charge in [0.25, 0.3) is 0 Å². The molecule has 0 radical (unpaired) electrons. The Kier molecular flexibility index (Phi) is 9.79. The molecule has 13 heteroatoms. The number of carbonyl (C=O) groups excluding carboxylic acids is 3. The SMILES string of the molecule is COc1cc2c(Oc3ccc(NC(=O)C4(C(=O)Nc5ccc(F)cc5)CC4)cc3F)ccnc2cc1OCC(=O)[O-].[K+]. The zero-order valence-electron chi connectivity index (χ0n) is 22.5. The molecule has 0 saturated heterocycles. The first kappa shape index (κ1) is 31.3. The van der Waals surface area contributed by atoms with Crippen molar-refractivity contribution < 1.29 is 93.9 Å². The van der Waals surface area contributed by atoms with Crippen LogP contribution in [-0.4, -0.2) is 36.5 Å². The third kappa shape index (κ3) is 6.87. The fourth-order valence-electron chi connectivity index (χ4n) is 4.12. The van der Waals surface area contributed by atoms with Crippen LogP contribution < -0.4 is 81.3 Å². The van der Waals surface area contributed by atoms with Crippen LogP contribution in [0.5, 0.6) is 23.0 Å². The number of carbonyl (C=O) groups is 3. The molecule has 1 fully saturated rings. The quantitative estimate of drug-likeness (QED) is 0.201. The number of halogens is 2. The maximum absolute atomic E-state index is 15.1. The average molecular weight is 602 g/mol. The first-order chi connectivity index (χ1) is 19.7. The number of fused-ring (bicyclic) bond motifs is 1. The fraction of sp³-hybridized carbons (Fsp3) is 0.172. The van der Waals surface area contributed by atoms with Crippen LogP contribution >= 0.6 is 0 Å². The van der Waals surface area contributed by atoms with E-state index in [1.165, 1.54) is 67.9 Å². The molecule has 10 nitrogen and oxygen atoms in total. The van der Waals surface area contributed by atoms with E-state index in [1.807, 2.05) is 0 Å². The molecular weight excluding hydrogens is 579 g/mol. The van der Waals surface area contributed by atoms with Gasteiger partial charge in [-0.05, 0) is 61.4 Å². The van der Waals surface area contributed by atoms with Crippen molar-refractivity contribution in [2.45, 2.75) is 12.8 Å². The second kappa shape index (κ2) is 13.1. The molecule has 0 unspecified atom stereocenters. The van der Waals surface area contributed by atoms with Crippen molar-refractivity contribution in [2.75, 3.05) is 24.4 Å². The zero-order valence-corrected chi connectivity index (χ0v) is 25.7. The summed E-state index contributed by atoms with van der Waals surface area (Å²) in [7, 11) is 1.37. The Hall–Kier alpha value is -3.62. The summed E-state index contributed by atoms with van der Waals surface area (Å²) in [5.74, 6) is -3.37. The number of carboxylic acids is 1. The molecular formula is C29H22F2KN3O7. The van der Waals surface area contributed by atoms with Gasteiger partial charge in [0.2, 0.25) is 11.8 Å². The van der Waals surface area contributed by atoms with Crippen molar-refractivity contribution in [3.63, 3.8) is 0 Å². The number of amides is 2. The van der Waals surface area contributed by atoms with Crippen LogP contribution in [0.2, 0.25) is 0 Å². The molecule has 0 bridgehead atoms. The Bertz CT molecular complexity index is 1660. The molecule has 1 aromatic heterocycles. The second-order valence-corrected chi connectivity index (χ2v) is 9.23. The molecule has 1 heterocycles. The molecule has 210 valence electrons. The molecule has 42 heavy (non-hydrogen) atoms. The number of nitrogens with zero attached hydrogens (tertiary/aromatic N) is 1. The number of ether oxygens (including phenoxy) is 3. The predicted octanol–water partition coefficient (Wildman–Crippen LogP) is 0.804. The van der Waals surface area contributed by atoms with E-state index < -0.39 is 41.4 Å². The number of carboxylic acid groups (broad SMARTS) is 1. The van der Waals surface area contributed by atoms with E-state index >= 15 is 4.39 Å². The van der Waals surface area contributed by atoms with Gasteiger partial charge in [0, 0.05) is 35.1 Å². The van der Waals surface area contributed by atoms with Gasteiger partial charge in [-0.15, -0.1) is 0 Å². The monoisotopic (exact) mass is 601 g/mol. The topological polar surface area (TPSA) is 139 Å². The summed E-state index contributed by atoms with van der Waals surface area (Å²) in [4.78, 5) is 40.7. The predicted molar refractivity (Wildman–Crippen MR) is 141 cm³/mol. The molecule has 2 N–H and O–H groups in total. The summed E-state index contributed by atoms with van der Waals surface area (Å²) in [5.41, 5.74) is -0.463. The van der Waals surface area contributed by atoms with Gasteiger partial charge in [-0.2, -0.15) is 0 Å². The Balaban J connectivity index is 0.00000405. The minimum absolute atomic E-state index is 0. The molecule has 3 aromatic carbocycles. The number of aliphatic carboxylic acids is 1. The van der Waals surface area contributed by atoms with Crippen LogP contribution in [0.1, 0.15) is 12.8 Å². The first-order valence-electron chi connectivity index (χ1n) is 12.3. The minimum Gasteiger partial charge on any atom is -0.546 e. The van der Waals surface area contributed by atoms with E-state index in [0.29, 0.717) is 29.4 Å². The number of methoxy groups -OCH3 is 1. The number of aromatic nitrogens is 1. The van der Waals surface area contributed by atoms with Crippen LogP contribution in [0.3, 0.4) is 0 Å². The third-order valence-electron chi connectivity index (χ3n) is 6.46. The van der Waals surface area contributed by atoms with Crippen molar-refractivity contribution >= 4 is 40.1 Å². The van der Waals surface area contributed by atoms with Crippen molar-refractivity contribution in [2.24, 2.45) is 5.41 Å². The third-order valence-corrected chi connectivity index (χ3v) is 6.46. The van der Waals surface area contributed by atoms with Crippen LogP contribution in [0.15, 0.2) is 66.9 Å². The van der Waals surface area contributed by atoms with Crippen LogP contribution in [0.25, 0.3) is 10.9 Å². The van der Waals surface area contributed by atoms with E-state index in [2.05, 4.69) is 15.6 Å². The number of benzene rings is 3. The normalized spacial score (nSPS) is 12.9. The van der Waals surface area contributed by atoms with E-state index in [0.717, 1.165) is 6.07 Å². The largest absolute Gasteiger partial charge is 1.00 e. The number of nitrogens with one attached hydrogen (secondary N) is 2. The van der Waals surface area contributed by atoms with Crippen LogP contribution in [0, 0.1) is 17.0 Å². The smallest absolute Gasteiger partial charge is 0.546 e. The molecule has 0 atom stereocenters. The van der Waals surface area contributed by atoms with Gasteiger partial charge in [0.15, 0.2) is 23.1 Å². The standard InChI is InChI=1S/C29H23F2N3O7.K/c1-39-24-13-19-21(14-25(24)40-15-26(35)36)32-11-8-22(19)41-23-7-6-18(12-20(23)31)34-28(38)29(9-10-29)27(37)33-17-4-2-16(30)3-5-17;/h2-8,11-14H,9-10,15H2,1H3,(H,33,37)(H,34,38)(H,35,36);/q;+1/p-1. The van der Waals surface area contributed by atoms with E-state index in [-0.39, 0.29) is 80.1 Å². The van der Waals surface area contributed by atoms with Gasteiger partial charge in [-0.1, -0.05) is 0 Å². The molecule has 2 amide bonds. The number of pyridine rings is 1. The summed E-state index contributed by atoms with van der Waals surface area (Å²) in [6.07, 6.45) is 2.05. The molecule has 0 spiro atoms. The number of anilines is 2.